The number of ether oxygens (including phenoxy) is 1. The van der Waals surface area contributed by atoms with Crippen LogP contribution < -0.4 is 5.32 Å². The largest absolute Gasteiger partial charge is 0.467 e. The van der Waals surface area contributed by atoms with E-state index in [-0.39, 0.29) is 41.2 Å². The Morgan fingerprint density at radius 3 is 2.06 bits per heavy atom. The Kier molecular flexibility index (Phi) is 7.58. The summed E-state index contributed by atoms with van der Waals surface area (Å²) in [4.78, 5) is 25.8. The molecule has 1 saturated heterocycles. The minimum absolute atomic E-state index is 0.0497. The van der Waals surface area contributed by atoms with Gasteiger partial charge in [-0.2, -0.15) is 4.31 Å². The van der Waals surface area contributed by atoms with Crippen LogP contribution in [0.3, 0.4) is 0 Å². The Balaban J connectivity index is 1.63. The number of benzene rings is 1. The van der Waals surface area contributed by atoms with Crippen molar-refractivity contribution in [1.29, 1.82) is 0 Å². The van der Waals surface area contributed by atoms with E-state index in [2.05, 4.69) is 33.0 Å². The third-order valence-corrected chi connectivity index (χ3v) is 9.16. The van der Waals surface area contributed by atoms with Crippen molar-refractivity contribution in [3.8, 4) is 0 Å². The predicted octanol–water partition coefficient (Wildman–Crippen LogP) is 3.62. The number of rotatable bonds is 5. The molecule has 7 nitrogen and oxygen atoms in total. The SMILES string of the molecule is COC(=O)C1(NC(=O)C2CCN(S(=O)(=O)c3ccc(C(C)(C)C)cc3)CC2)CCC(C)CC1. The van der Waals surface area contributed by atoms with Crippen LogP contribution in [0.15, 0.2) is 29.2 Å². The number of methoxy groups -OCH3 is 1. The van der Waals surface area contributed by atoms with E-state index in [0.717, 1.165) is 18.4 Å². The van der Waals surface area contributed by atoms with Crippen LogP contribution in [0.2, 0.25) is 0 Å². The van der Waals surface area contributed by atoms with E-state index in [1.165, 1.54) is 11.4 Å². The van der Waals surface area contributed by atoms with Crippen molar-refractivity contribution in [2.75, 3.05) is 20.2 Å². The summed E-state index contributed by atoms with van der Waals surface area (Å²) < 4.78 is 32.7. The molecule has 1 saturated carbocycles. The highest BCUT2D eigenvalue weighted by Crippen LogP contribution is 2.34. The molecule has 1 heterocycles. The van der Waals surface area contributed by atoms with Crippen LogP contribution in [0, 0.1) is 11.8 Å². The quantitative estimate of drug-likeness (QED) is 0.653. The van der Waals surface area contributed by atoms with Crippen molar-refractivity contribution in [2.45, 2.75) is 82.1 Å². The average molecular weight is 479 g/mol. The molecule has 8 heteroatoms. The molecule has 1 aromatic rings. The second-order valence-corrected chi connectivity index (χ2v) is 12.6. The summed E-state index contributed by atoms with van der Waals surface area (Å²) in [5, 5.41) is 3.00. The lowest BCUT2D eigenvalue weighted by Gasteiger charge is -2.39. The van der Waals surface area contributed by atoms with Crippen LogP contribution in [0.25, 0.3) is 0 Å². The molecule has 0 radical (unpaired) electrons. The number of piperidine rings is 1. The summed E-state index contributed by atoms with van der Waals surface area (Å²) in [6.45, 7) is 8.98. The number of nitrogens with one attached hydrogen (secondary N) is 1. The minimum atomic E-state index is -3.61. The number of sulfonamides is 1. The third kappa shape index (κ3) is 5.60. The Morgan fingerprint density at radius 1 is 1.03 bits per heavy atom. The van der Waals surface area contributed by atoms with Crippen LogP contribution in [0.5, 0.6) is 0 Å². The highest BCUT2D eigenvalue weighted by molar-refractivity contribution is 7.89. The van der Waals surface area contributed by atoms with Crippen molar-refractivity contribution in [1.82, 2.24) is 9.62 Å². The maximum Gasteiger partial charge on any atom is 0.331 e. The first kappa shape index (κ1) is 25.7. The second kappa shape index (κ2) is 9.74. The number of hydrogen-bond acceptors (Lipinski definition) is 5. The maximum atomic E-state index is 13.1. The molecule has 2 fully saturated rings. The van der Waals surface area contributed by atoms with E-state index in [4.69, 9.17) is 4.74 Å². The molecule has 0 atom stereocenters. The zero-order valence-corrected chi connectivity index (χ0v) is 21.3. The van der Waals surface area contributed by atoms with E-state index in [1.807, 2.05) is 12.1 Å². The Labute approximate surface area is 198 Å². The summed E-state index contributed by atoms with van der Waals surface area (Å²) in [5.41, 5.74) is 0.0657. The summed E-state index contributed by atoms with van der Waals surface area (Å²) in [7, 11) is -2.26. The lowest BCUT2D eigenvalue weighted by atomic mass is 9.76. The molecule has 1 N–H and O–H groups in total. The number of carbonyl (C=O) groups excluding carboxylic acids is 2. The first-order chi connectivity index (χ1) is 15.4. The molecule has 0 spiro atoms. The summed E-state index contributed by atoms with van der Waals surface area (Å²) >= 11 is 0. The van der Waals surface area contributed by atoms with Gasteiger partial charge in [-0.15, -0.1) is 0 Å². The van der Waals surface area contributed by atoms with Crippen molar-refractivity contribution < 1.29 is 22.7 Å². The molecule has 1 aromatic carbocycles. The summed E-state index contributed by atoms with van der Waals surface area (Å²) in [6.07, 6.45) is 3.73. The zero-order valence-electron chi connectivity index (χ0n) is 20.5. The second-order valence-electron chi connectivity index (χ2n) is 10.7. The normalized spacial score (nSPS) is 25.4. The zero-order chi connectivity index (χ0) is 24.4. The molecule has 3 rings (SSSR count). The number of nitrogens with zero attached hydrogens (tertiary/aromatic N) is 1. The first-order valence-electron chi connectivity index (χ1n) is 11.9. The van der Waals surface area contributed by atoms with Crippen molar-refractivity contribution in [2.24, 2.45) is 11.8 Å². The molecule has 1 aliphatic heterocycles. The van der Waals surface area contributed by atoms with Gasteiger partial charge in [0.25, 0.3) is 0 Å². The highest BCUT2D eigenvalue weighted by Gasteiger charge is 2.45. The van der Waals surface area contributed by atoms with Gasteiger partial charge in [0.1, 0.15) is 5.54 Å². The average Bonchev–Trinajstić information content (AvgIpc) is 2.79. The molecular weight excluding hydrogens is 440 g/mol. The summed E-state index contributed by atoms with van der Waals surface area (Å²) in [6, 6.07) is 7.06. The van der Waals surface area contributed by atoms with E-state index < -0.39 is 15.6 Å². The van der Waals surface area contributed by atoms with Gasteiger partial charge >= 0.3 is 5.97 Å². The predicted molar refractivity (Wildman–Crippen MR) is 127 cm³/mol. The lowest BCUT2D eigenvalue weighted by molar-refractivity contribution is -0.153. The molecule has 2 aliphatic rings. The van der Waals surface area contributed by atoms with Gasteiger partial charge in [-0.3, -0.25) is 4.79 Å². The van der Waals surface area contributed by atoms with Crippen molar-refractivity contribution >= 4 is 21.9 Å². The van der Waals surface area contributed by atoms with Crippen LogP contribution in [-0.4, -0.2) is 50.3 Å². The fourth-order valence-corrected chi connectivity index (χ4v) is 6.27. The number of hydrogen-bond donors (Lipinski definition) is 1. The fraction of sp³-hybridized carbons (Fsp3) is 0.680. The third-order valence-electron chi connectivity index (χ3n) is 7.25. The van der Waals surface area contributed by atoms with Crippen molar-refractivity contribution in [3.63, 3.8) is 0 Å². The molecule has 0 bridgehead atoms. The highest BCUT2D eigenvalue weighted by atomic mass is 32.2. The van der Waals surface area contributed by atoms with E-state index in [9.17, 15) is 18.0 Å². The van der Waals surface area contributed by atoms with Gasteiger partial charge in [-0.1, -0.05) is 39.8 Å². The Morgan fingerprint density at radius 2 is 1.58 bits per heavy atom. The molecule has 0 unspecified atom stereocenters. The van der Waals surface area contributed by atoms with Crippen LogP contribution >= 0.6 is 0 Å². The topological polar surface area (TPSA) is 92.8 Å². The van der Waals surface area contributed by atoms with Gasteiger partial charge in [0.2, 0.25) is 15.9 Å². The van der Waals surface area contributed by atoms with Gasteiger partial charge in [0.05, 0.1) is 12.0 Å². The number of carbonyl (C=O) groups is 2. The van der Waals surface area contributed by atoms with E-state index in [1.54, 1.807) is 12.1 Å². The minimum Gasteiger partial charge on any atom is -0.467 e. The van der Waals surface area contributed by atoms with E-state index in [0.29, 0.717) is 31.6 Å². The van der Waals surface area contributed by atoms with Gasteiger partial charge in [-0.25, -0.2) is 13.2 Å². The smallest absolute Gasteiger partial charge is 0.331 e. The van der Waals surface area contributed by atoms with Crippen LogP contribution in [0.4, 0.5) is 0 Å². The van der Waals surface area contributed by atoms with Crippen LogP contribution in [0.1, 0.15) is 71.8 Å². The monoisotopic (exact) mass is 478 g/mol. The van der Waals surface area contributed by atoms with Gasteiger partial charge in [0, 0.05) is 19.0 Å². The lowest BCUT2D eigenvalue weighted by Crippen LogP contribution is -2.58. The summed E-state index contributed by atoms with van der Waals surface area (Å²) in [5.74, 6) is -0.366. The van der Waals surface area contributed by atoms with E-state index >= 15 is 0 Å². The fourth-order valence-electron chi connectivity index (χ4n) is 4.80. The van der Waals surface area contributed by atoms with Crippen LogP contribution in [-0.2, 0) is 29.8 Å². The van der Waals surface area contributed by atoms with Gasteiger partial charge in [-0.05, 0) is 67.6 Å². The molecular formula is C25H38N2O5S. The standard InChI is InChI=1S/C25H38N2O5S/c1-18-10-14-25(15-11-18,23(29)32-5)26-22(28)19-12-16-27(17-13-19)33(30,31)21-8-6-20(7-9-21)24(2,3)4/h6-9,18-19H,10-17H2,1-5H3,(H,26,28). The van der Waals surface area contributed by atoms with Crippen molar-refractivity contribution in [3.05, 3.63) is 29.8 Å². The number of amides is 1. The molecule has 0 aromatic heterocycles. The molecule has 1 amide bonds. The molecule has 1 aliphatic carbocycles. The number of esters is 1. The maximum absolute atomic E-state index is 13.1. The molecule has 184 valence electrons. The Hall–Kier alpha value is -1.93. The molecule has 33 heavy (non-hydrogen) atoms. The Bertz CT molecular complexity index is 950. The van der Waals surface area contributed by atoms with Gasteiger partial charge < -0.3 is 10.1 Å². The van der Waals surface area contributed by atoms with Gasteiger partial charge in [0.15, 0.2) is 0 Å². The first-order valence-corrected chi connectivity index (χ1v) is 13.3.